The molecule has 11 heavy (non-hydrogen) atoms. The van der Waals surface area contributed by atoms with E-state index < -0.39 is 12.0 Å². The molecule has 0 amide bonds. The Bertz CT molecular complexity index is 158. The van der Waals surface area contributed by atoms with E-state index in [0.717, 1.165) is 0 Å². The molecule has 0 aromatic rings. The predicted octanol–water partition coefficient (Wildman–Crippen LogP) is -0.843. The third-order valence-corrected chi connectivity index (χ3v) is 1.32. The SMILES string of the molecule is N=C(CN)CC[C@H](N)C(=O)O. The Morgan fingerprint density at radius 1 is 1.64 bits per heavy atom. The van der Waals surface area contributed by atoms with Crippen molar-refractivity contribution in [2.24, 2.45) is 11.5 Å². The number of carboxylic acid groups (broad SMARTS) is 1. The largest absolute Gasteiger partial charge is 0.480 e. The zero-order valence-electron chi connectivity index (χ0n) is 6.21. The van der Waals surface area contributed by atoms with Crippen LogP contribution in [-0.4, -0.2) is 29.4 Å². The number of hydrogen-bond donors (Lipinski definition) is 4. The van der Waals surface area contributed by atoms with Crippen LogP contribution in [0.15, 0.2) is 0 Å². The van der Waals surface area contributed by atoms with E-state index in [1.807, 2.05) is 0 Å². The van der Waals surface area contributed by atoms with Crippen LogP contribution in [-0.2, 0) is 4.79 Å². The number of nitrogens with two attached hydrogens (primary N) is 2. The lowest BCUT2D eigenvalue weighted by Gasteiger charge is -2.04. The number of rotatable bonds is 5. The highest BCUT2D eigenvalue weighted by Crippen LogP contribution is 1.94. The maximum absolute atomic E-state index is 10.2. The Labute approximate surface area is 64.9 Å². The first-order valence-electron chi connectivity index (χ1n) is 3.32. The van der Waals surface area contributed by atoms with Gasteiger partial charge in [0.15, 0.2) is 0 Å². The van der Waals surface area contributed by atoms with Crippen molar-refractivity contribution in [1.82, 2.24) is 0 Å². The van der Waals surface area contributed by atoms with E-state index in [4.69, 9.17) is 22.0 Å². The second-order valence-electron chi connectivity index (χ2n) is 2.29. The first-order chi connectivity index (χ1) is 5.07. The molecule has 0 rings (SSSR count). The highest BCUT2D eigenvalue weighted by Gasteiger charge is 2.10. The van der Waals surface area contributed by atoms with Crippen LogP contribution in [0.4, 0.5) is 0 Å². The van der Waals surface area contributed by atoms with Crippen LogP contribution in [0.2, 0.25) is 0 Å². The highest BCUT2D eigenvalue weighted by molar-refractivity contribution is 5.84. The van der Waals surface area contributed by atoms with Gasteiger partial charge in [-0.05, 0) is 12.8 Å². The Morgan fingerprint density at radius 3 is 2.55 bits per heavy atom. The summed E-state index contributed by atoms with van der Waals surface area (Å²) in [6.07, 6.45) is 0.648. The molecule has 0 aliphatic carbocycles. The van der Waals surface area contributed by atoms with Crippen molar-refractivity contribution >= 4 is 11.7 Å². The minimum absolute atomic E-state index is 0.173. The van der Waals surface area contributed by atoms with Crippen molar-refractivity contribution in [3.63, 3.8) is 0 Å². The zero-order valence-corrected chi connectivity index (χ0v) is 6.21. The summed E-state index contributed by atoms with van der Waals surface area (Å²) in [4.78, 5) is 10.2. The van der Waals surface area contributed by atoms with E-state index in [9.17, 15) is 4.79 Å². The van der Waals surface area contributed by atoms with Crippen molar-refractivity contribution in [2.75, 3.05) is 6.54 Å². The Balaban J connectivity index is 3.54. The van der Waals surface area contributed by atoms with Crippen LogP contribution in [0.1, 0.15) is 12.8 Å². The molecule has 0 saturated carbocycles. The van der Waals surface area contributed by atoms with E-state index in [0.29, 0.717) is 12.1 Å². The molecule has 0 heterocycles. The van der Waals surface area contributed by atoms with Crippen LogP contribution in [0, 0.1) is 5.41 Å². The third-order valence-electron chi connectivity index (χ3n) is 1.32. The molecule has 0 aliphatic rings. The molecule has 6 N–H and O–H groups in total. The Kier molecular flexibility index (Phi) is 4.40. The minimum Gasteiger partial charge on any atom is -0.480 e. The summed E-state index contributed by atoms with van der Waals surface area (Å²) >= 11 is 0. The van der Waals surface area contributed by atoms with E-state index >= 15 is 0 Å². The van der Waals surface area contributed by atoms with Crippen molar-refractivity contribution in [3.8, 4) is 0 Å². The molecule has 0 unspecified atom stereocenters. The minimum atomic E-state index is -1.03. The normalized spacial score (nSPS) is 12.5. The lowest BCUT2D eigenvalue weighted by molar-refractivity contribution is -0.138. The number of carboxylic acids is 1. The molecular weight excluding hydrogens is 146 g/mol. The van der Waals surface area contributed by atoms with Crippen molar-refractivity contribution < 1.29 is 9.90 Å². The monoisotopic (exact) mass is 159 g/mol. The number of hydrogen-bond acceptors (Lipinski definition) is 4. The van der Waals surface area contributed by atoms with Crippen molar-refractivity contribution in [3.05, 3.63) is 0 Å². The molecule has 5 nitrogen and oxygen atoms in total. The summed E-state index contributed by atoms with van der Waals surface area (Å²) < 4.78 is 0. The lowest BCUT2D eigenvalue weighted by Crippen LogP contribution is -2.31. The van der Waals surface area contributed by atoms with Gasteiger partial charge in [-0.15, -0.1) is 0 Å². The number of aliphatic carboxylic acids is 1. The molecule has 0 spiro atoms. The molecule has 0 saturated heterocycles. The first-order valence-corrected chi connectivity index (χ1v) is 3.32. The van der Waals surface area contributed by atoms with Gasteiger partial charge in [-0.25, -0.2) is 0 Å². The molecule has 0 radical (unpaired) electrons. The molecule has 0 aromatic carbocycles. The predicted molar refractivity (Wildman–Crippen MR) is 41.6 cm³/mol. The van der Waals surface area contributed by atoms with Gasteiger partial charge in [0.2, 0.25) is 0 Å². The molecule has 0 aromatic heterocycles. The maximum atomic E-state index is 10.2. The summed E-state index contributed by atoms with van der Waals surface area (Å²) in [6, 6.07) is -0.873. The average molecular weight is 159 g/mol. The Hall–Kier alpha value is -0.940. The van der Waals surface area contributed by atoms with Crippen molar-refractivity contribution in [1.29, 1.82) is 5.41 Å². The fraction of sp³-hybridized carbons (Fsp3) is 0.667. The summed E-state index contributed by atoms with van der Waals surface area (Å²) in [5.41, 5.74) is 10.6. The van der Waals surface area contributed by atoms with Crippen LogP contribution in [0.3, 0.4) is 0 Å². The van der Waals surface area contributed by atoms with Crippen LogP contribution < -0.4 is 11.5 Å². The molecule has 64 valence electrons. The zero-order chi connectivity index (χ0) is 8.85. The van der Waals surface area contributed by atoms with Gasteiger partial charge in [0.05, 0.1) is 0 Å². The molecule has 0 aliphatic heterocycles. The summed E-state index contributed by atoms with van der Waals surface area (Å²) in [5.74, 6) is -1.03. The molecule has 1 atom stereocenters. The van der Waals surface area contributed by atoms with E-state index in [1.54, 1.807) is 0 Å². The first kappa shape index (κ1) is 10.1. The van der Waals surface area contributed by atoms with Gasteiger partial charge in [0, 0.05) is 12.3 Å². The second-order valence-corrected chi connectivity index (χ2v) is 2.29. The highest BCUT2D eigenvalue weighted by atomic mass is 16.4. The van der Waals surface area contributed by atoms with Crippen LogP contribution >= 0.6 is 0 Å². The van der Waals surface area contributed by atoms with Gasteiger partial charge in [-0.3, -0.25) is 4.79 Å². The maximum Gasteiger partial charge on any atom is 0.320 e. The summed E-state index contributed by atoms with van der Waals surface area (Å²) in [6.45, 7) is 0.173. The molecular formula is C6H13N3O2. The van der Waals surface area contributed by atoms with Crippen molar-refractivity contribution in [2.45, 2.75) is 18.9 Å². The van der Waals surface area contributed by atoms with Gasteiger partial charge < -0.3 is 22.0 Å². The fourth-order valence-electron chi connectivity index (χ4n) is 0.555. The Morgan fingerprint density at radius 2 is 2.18 bits per heavy atom. The molecule has 5 heteroatoms. The van der Waals surface area contributed by atoms with Gasteiger partial charge in [0.25, 0.3) is 0 Å². The third kappa shape index (κ3) is 4.46. The van der Waals surface area contributed by atoms with E-state index in [2.05, 4.69) is 0 Å². The number of carbonyl (C=O) groups is 1. The van der Waals surface area contributed by atoms with Crippen LogP contribution in [0.5, 0.6) is 0 Å². The standard InChI is InChI=1S/C6H13N3O2/c7-3-4(8)1-2-5(9)6(10)11/h5,8H,1-3,7,9H2,(H,10,11)/t5-/m0/s1. The van der Waals surface area contributed by atoms with Gasteiger partial charge in [-0.2, -0.15) is 0 Å². The van der Waals surface area contributed by atoms with Gasteiger partial charge >= 0.3 is 5.97 Å². The average Bonchev–Trinajstić information content (AvgIpc) is 1.99. The van der Waals surface area contributed by atoms with E-state index in [-0.39, 0.29) is 13.0 Å². The summed E-state index contributed by atoms with van der Waals surface area (Å²) in [7, 11) is 0. The van der Waals surface area contributed by atoms with Gasteiger partial charge in [0.1, 0.15) is 6.04 Å². The summed E-state index contributed by atoms with van der Waals surface area (Å²) in [5, 5.41) is 15.4. The molecule has 0 fully saturated rings. The number of nitrogens with one attached hydrogen (secondary N) is 1. The smallest absolute Gasteiger partial charge is 0.320 e. The quantitative estimate of drug-likeness (QED) is 0.391. The topological polar surface area (TPSA) is 113 Å². The van der Waals surface area contributed by atoms with Crippen LogP contribution in [0.25, 0.3) is 0 Å². The second kappa shape index (κ2) is 4.81. The van der Waals surface area contributed by atoms with E-state index in [1.165, 1.54) is 0 Å². The van der Waals surface area contributed by atoms with Gasteiger partial charge in [-0.1, -0.05) is 0 Å². The molecule has 0 bridgehead atoms. The fourth-order valence-corrected chi connectivity index (χ4v) is 0.555. The lowest BCUT2D eigenvalue weighted by atomic mass is 10.1.